The number of halogens is 3. The van der Waals surface area contributed by atoms with E-state index in [1.165, 1.54) is 0 Å². The van der Waals surface area contributed by atoms with Gasteiger partial charge in [0, 0.05) is 13.1 Å². The molecular weight excluding hydrogens is 207 g/mol. The Morgan fingerprint density at radius 3 is 1.92 bits per heavy atom. The topological polar surface area (TPSA) is 9.23 Å². The maximum absolute atomic E-state index is 11.6. The van der Waals surface area contributed by atoms with Gasteiger partial charge in [0.15, 0.2) is 0 Å². The Bertz CT molecular complexity index is 117. The molecule has 74 valence electrons. The van der Waals surface area contributed by atoms with Crippen molar-refractivity contribution in [1.29, 1.82) is 0 Å². The molecule has 0 rings (SSSR count). The minimum Gasteiger partial charge on any atom is -0.447 e. The van der Waals surface area contributed by atoms with Crippen LogP contribution in [0.4, 0.5) is 12.9 Å². The van der Waals surface area contributed by atoms with E-state index in [-0.39, 0.29) is 63.4 Å². The van der Waals surface area contributed by atoms with E-state index in [2.05, 4.69) is 4.74 Å². The van der Waals surface area contributed by atoms with Crippen molar-refractivity contribution >= 4 is 6.98 Å². The van der Waals surface area contributed by atoms with Crippen LogP contribution in [0, 0.1) is 5.41 Å². The Hall–Kier alpha value is 1.45. The van der Waals surface area contributed by atoms with Crippen molar-refractivity contribution in [3.05, 3.63) is 0 Å². The molecule has 0 amide bonds. The van der Waals surface area contributed by atoms with Gasteiger partial charge in [-0.05, 0) is 11.8 Å². The van der Waals surface area contributed by atoms with Gasteiger partial charge >= 0.3 is 58.4 Å². The molecule has 6 heteroatoms. The maximum Gasteiger partial charge on any atom is 1.00 e. The van der Waals surface area contributed by atoms with E-state index in [1.54, 1.807) is 0 Å². The summed E-state index contributed by atoms with van der Waals surface area (Å²) in [5, 5.41) is 0. The van der Waals surface area contributed by atoms with Gasteiger partial charge in [-0.25, -0.2) is 0 Å². The average Bonchev–Trinajstić information content (AvgIpc) is 1.76. The molecule has 0 aliphatic rings. The van der Waals surface area contributed by atoms with Crippen LogP contribution < -0.4 is 51.4 Å². The molecule has 1 nitrogen and oxygen atoms in total. The zero-order valence-electron chi connectivity index (χ0n) is 8.74. The van der Waals surface area contributed by atoms with Crippen molar-refractivity contribution in [2.24, 2.45) is 5.41 Å². The summed E-state index contributed by atoms with van der Waals surface area (Å²) in [5.41, 5.74) is 0.0403. The van der Waals surface area contributed by atoms with Crippen LogP contribution in [0.1, 0.15) is 27.2 Å². The van der Waals surface area contributed by atoms with E-state index in [9.17, 15) is 12.9 Å². The molecule has 0 aliphatic carbocycles. The molecule has 0 N–H and O–H groups in total. The van der Waals surface area contributed by atoms with E-state index in [0.717, 1.165) is 0 Å². The van der Waals surface area contributed by atoms with Crippen molar-refractivity contribution in [3.63, 3.8) is 0 Å². The Labute approximate surface area is 120 Å². The van der Waals surface area contributed by atoms with E-state index in [1.807, 2.05) is 20.8 Å². The van der Waals surface area contributed by atoms with Crippen LogP contribution in [0.5, 0.6) is 0 Å². The largest absolute Gasteiger partial charge is 1.00 e. The smallest absolute Gasteiger partial charge is 0.447 e. The molecular formula is C7H15BF3KO. The van der Waals surface area contributed by atoms with Gasteiger partial charge in [-0.3, -0.25) is 0 Å². The van der Waals surface area contributed by atoms with Crippen LogP contribution in [0.25, 0.3) is 0 Å². The molecule has 0 unspecified atom stereocenters. The second kappa shape index (κ2) is 6.85. The number of rotatable bonds is 4. The third kappa shape index (κ3) is 16.1. The van der Waals surface area contributed by atoms with Crippen LogP contribution in [0.2, 0.25) is 0 Å². The van der Waals surface area contributed by atoms with Crippen LogP contribution in [-0.4, -0.2) is 20.1 Å². The van der Waals surface area contributed by atoms with E-state index < -0.39 is 13.5 Å². The minimum absolute atomic E-state index is 0. The van der Waals surface area contributed by atoms with Crippen LogP contribution >= 0.6 is 0 Å². The molecule has 0 fully saturated rings. The monoisotopic (exact) mass is 222 g/mol. The SMILES string of the molecule is CC(C)(C)CCOC[B-](F)(F)F.[K+]. The molecule has 0 aromatic heterocycles. The molecule has 0 aromatic carbocycles. The molecule has 0 radical (unpaired) electrons. The van der Waals surface area contributed by atoms with Gasteiger partial charge in [0.1, 0.15) is 0 Å². The van der Waals surface area contributed by atoms with Gasteiger partial charge in [0.05, 0.1) is 0 Å². The number of hydrogen-bond acceptors (Lipinski definition) is 1. The predicted octanol–water partition coefficient (Wildman–Crippen LogP) is -0.170. The molecule has 0 atom stereocenters. The van der Waals surface area contributed by atoms with Crippen LogP contribution in [0.15, 0.2) is 0 Å². The second-order valence-electron chi connectivity index (χ2n) is 4.10. The van der Waals surface area contributed by atoms with Gasteiger partial charge in [-0.1, -0.05) is 20.8 Å². The fourth-order valence-electron chi connectivity index (χ4n) is 0.595. The molecule has 0 heterocycles. The van der Waals surface area contributed by atoms with Crippen molar-refractivity contribution in [2.45, 2.75) is 27.2 Å². The van der Waals surface area contributed by atoms with Gasteiger partial charge < -0.3 is 17.7 Å². The standard InChI is InChI=1S/C7H15BF3O.K/c1-7(2,3)4-5-12-6-8(9,10)11;/h4-6H2,1-3H3;/q-1;+1. The van der Waals surface area contributed by atoms with E-state index in [0.29, 0.717) is 6.42 Å². The summed E-state index contributed by atoms with van der Waals surface area (Å²) in [4.78, 5) is 0. The van der Waals surface area contributed by atoms with Crippen LogP contribution in [0.3, 0.4) is 0 Å². The quantitative estimate of drug-likeness (QED) is 0.474. The minimum atomic E-state index is -4.77. The summed E-state index contributed by atoms with van der Waals surface area (Å²) < 4.78 is 39.3. The fraction of sp³-hybridized carbons (Fsp3) is 1.00. The summed E-state index contributed by atoms with van der Waals surface area (Å²) >= 11 is 0. The Kier molecular flexibility index (Phi) is 8.88. The van der Waals surface area contributed by atoms with Gasteiger partial charge in [-0.15, -0.1) is 0 Å². The summed E-state index contributed by atoms with van der Waals surface area (Å²) in [6.07, 6.45) is 0.652. The zero-order chi connectivity index (χ0) is 9.83. The van der Waals surface area contributed by atoms with Crippen molar-refractivity contribution in [3.8, 4) is 0 Å². The molecule has 0 aliphatic heterocycles. The Morgan fingerprint density at radius 1 is 1.15 bits per heavy atom. The van der Waals surface area contributed by atoms with Gasteiger partial charge in [-0.2, -0.15) is 0 Å². The van der Waals surface area contributed by atoms with E-state index in [4.69, 9.17) is 0 Å². The Balaban J connectivity index is 0. The summed E-state index contributed by atoms with van der Waals surface area (Å²) in [6, 6.07) is 0. The fourth-order valence-corrected chi connectivity index (χ4v) is 0.595. The average molecular weight is 222 g/mol. The number of hydrogen-bond donors (Lipinski definition) is 0. The third-order valence-electron chi connectivity index (χ3n) is 1.30. The molecule has 0 saturated heterocycles. The van der Waals surface area contributed by atoms with Crippen molar-refractivity contribution in [2.75, 3.05) is 13.1 Å². The summed E-state index contributed by atoms with van der Waals surface area (Å²) in [6.45, 7) is 0.242. The normalized spacial score (nSPS) is 12.5. The summed E-state index contributed by atoms with van der Waals surface area (Å²) in [5.74, 6) is 0. The molecule has 0 saturated carbocycles. The van der Waals surface area contributed by atoms with Crippen molar-refractivity contribution < 1.29 is 69.1 Å². The first-order valence-corrected chi connectivity index (χ1v) is 3.99. The van der Waals surface area contributed by atoms with Gasteiger partial charge in [0.25, 0.3) is 0 Å². The zero-order valence-corrected chi connectivity index (χ0v) is 11.9. The first-order chi connectivity index (χ1) is 5.21. The molecule has 13 heavy (non-hydrogen) atoms. The summed E-state index contributed by atoms with van der Waals surface area (Å²) in [7, 11) is 0. The van der Waals surface area contributed by atoms with Crippen LogP contribution in [-0.2, 0) is 4.74 Å². The first-order valence-electron chi connectivity index (χ1n) is 3.99. The van der Waals surface area contributed by atoms with E-state index >= 15 is 0 Å². The third-order valence-corrected chi connectivity index (χ3v) is 1.30. The second-order valence-corrected chi connectivity index (χ2v) is 4.10. The Morgan fingerprint density at radius 2 is 1.62 bits per heavy atom. The predicted molar refractivity (Wildman–Crippen MR) is 44.0 cm³/mol. The maximum atomic E-state index is 11.6. The molecule has 0 bridgehead atoms. The molecule has 0 aromatic rings. The first kappa shape index (κ1) is 16.9. The molecule has 0 spiro atoms. The van der Waals surface area contributed by atoms with Crippen molar-refractivity contribution in [1.82, 2.24) is 0 Å². The van der Waals surface area contributed by atoms with Gasteiger partial charge in [0.2, 0.25) is 0 Å². The number of ether oxygens (including phenoxy) is 1.